The highest BCUT2D eigenvalue weighted by atomic mass is 79.9. The summed E-state index contributed by atoms with van der Waals surface area (Å²) < 4.78 is 0.795. The summed E-state index contributed by atoms with van der Waals surface area (Å²) in [4.78, 5) is 12.3. The zero-order valence-corrected chi connectivity index (χ0v) is 13.5. The molecule has 2 aromatic rings. The quantitative estimate of drug-likeness (QED) is 0.839. The van der Waals surface area contributed by atoms with Crippen molar-refractivity contribution in [2.24, 2.45) is 0 Å². The molecule has 20 heavy (non-hydrogen) atoms. The Hall–Kier alpha value is -1.52. The van der Waals surface area contributed by atoms with Gasteiger partial charge in [-0.25, -0.2) is 0 Å². The van der Waals surface area contributed by atoms with Gasteiger partial charge in [0.2, 0.25) is 0 Å². The number of halogens is 2. The summed E-state index contributed by atoms with van der Waals surface area (Å²) in [6.45, 7) is 1.95. The summed E-state index contributed by atoms with van der Waals surface area (Å²) in [5, 5.41) is 6.42. The van der Waals surface area contributed by atoms with Crippen molar-refractivity contribution < 1.29 is 4.79 Å². The maximum absolute atomic E-state index is 12.3. The van der Waals surface area contributed by atoms with E-state index in [2.05, 4.69) is 26.6 Å². The summed E-state index contributed by atoms with van der Waals surface area (Å²) in [6.07, 6.45) is 0. The number of nitrogens with one attached hydrogen (secondary N) is 2. The summed E-state index contributed by atoms with van der Waals surface area (Å²) >= 11 is 9.33. The van der Waals surface area contributed by atoms with E-state index in [1.165, 1.54) is 0 Å². The molecule has 2 rings (SSSR count). The normalized spacial score (nSPS) is 10.2. The van der Waals surface area contributed by atoms with Crippen LogP contribution >= 0.6 is 27.5 Å². The number of carbonyl (C=O) groups is 1. The van der Waals surface area contributed by atoms with Crippen molar-refractivity contribution >= 4 is 44.8 Å². The van der Waals surface area contributed by atoms with Gasteiger partial charge >= 0.3 is 0 Å². The number of aryl methyl sites for hydroxylation is 1. The summed E-state index contributed by atoms with van der Waals surface area (Å²) in [6, 6.07) is 11.0. The van der Waals surface area contributed by atoms with Crippen molar-refractivity contribution in [2.45, 2.75) is 6.92 Å². The maximum Gasteiger partial charge on any atom is 0.257 e. The van der Waals surface area contributed by atoms with Crippen LogP contribution in [0, 0.1) is 6.92 Å². The molecule has 5 heteroatoms. The van der Waals surface area contributed by atoms with Crippen LogP contribution in [-0.2, 0) is 0 Å². The van der Waals surface area contributed by atoms with Crippen molar-refractivity contribution in [1.29, 1.82) is 0 Å². The lowest BCUT2D eigenvalue weighted by molar-refractivity contribution is 0.102. The van der Waals surface area contributed by atoms with E-state index < -0.39 is 0 Å². The van der Waals surface area contributed by atoms with E-state index in [1.807, 2.05) is 25.1 Å². The topological polar surface area (TPSA) is 41.1 Å². The van der Waals surface area contributed by atoms with Gasteiger partial charge in [0.1, 0.15) is 0 Å². The van der Waals surface area contributed by atoms with E-state index in [1.54, 1.807) is 25.2 Å². The molecule has 2 N–H and O–H groups in total. The van der Waals surface area contributed by atoms with Crippen molar-refractivity contribution in [3.05, 3.63) is 57.0 Å². The molecule has 0 aliphatic carbocycles. The van der Waals surface area contributed by atoms with Gasteiger partial charge in [0, 0.05) is 22.9 Å². The molecule has 0 aromatic heterocycles. The van der Waals surface area contributed by atoms with Gasteiger partial charge in [-0.2, -0.15) is 0 Å². The SMILES string of the molecule is CNc1ccc(C)cc1C(=O)Nc1ccc(Br)c(Cl)c1. The summed E-state index contributed by atoms with van der Waals surface area (Å²) in [5.41, 5.74) is 3.08. The van der Waals surface area contributed by atoms with Gasteiger partial charge in [-0.3, -0.25) is 4.79 Å². The van der Waals surface area contributed by atoms with Gasteiger partial charge in [0.25, 0.3) is 5.91 Å². The van der Waals surface area contributed by atoms with Crippen molar-refractivity contribution in [2.75, 3.05) is 17.7 Å². The lowest BCUT2D eigenvalue weighted by atomic mass is 10.1. The summed E-state index contributed by atoms with van der Waals surface area (Å²) in [7, 11) is 1.79. The Morgan fingerprint density at radius 2 is 1.95 bits per heavy atom. The lowest BCUT2D eigenvalue weighted by Gasteiger charge is -2.11. The molecule has 0 radical (unpaired) electrons. The van der Waals surface area contributed by atoms with Crippen molar-refractivity contribution in [3.8, 4) is 0 Å². The van der Waals surface area contributed by atoms with Crippen molar-refractivity contribution in [3.63, 3.8) is 0 Å². The molecule has 0 aliphatic rings. The van der Waals surface area contributed by atoms with Crippen LogP contribution in [0.2, 0.25) is 5.02 Å². The fourth-order valence-electron chi connectivity index (χ4n) is 1.84. The second-order valence-corrected chi connectivity index (χ2v) is 5.64. The minimum atomic E-state index is -0.170. The first-order valence-corrected chi connectivity index (χ1v) is 7.23. The van der Waals surface area contributed by atoms with Crippen LogP contribution in [0.3, 0.4) is 0 Å². The highest BCUT2D eigenvalue weighted by Crippen LogP contribution is 2.26. The Balaban J connectivity index is 2.27. The fourth-order valence-corrected chi connectivity index (χ4v) is 2.26. The molecule has 0 heterocycles. The molecule has 0 saturated carbocycles. The number of amides is 1. The Morgan fingerprint density at radius 3 is 2.60 bits per heavy atom. The number of hydrogen-bond acceptors (Lipinski definition) is 2. The van der Waals surface area contributed by atoms with Crippen molar-refractivity contribution in [1.82, 2.24) is 0 Å². The van der Waals surface area contributed by atoms with Crippen LogP contribution in [0.15, 0.2) is 40.9 Å². The Labute approximate surface area is 131 Å². The number of rotatable bonds is 3. The Bertz CT molecular complexity index is 658. The predicted octanol–water partition coefficient (Wildman–Crippen LogP) is 4.70. The van der Waals surface area contributed by atoms with Crippen LogP contribution in [-0.4, -0.2) is 13.0 Å². The van der Waals surface area contributed by atoms with Crippen LogP contribution in [0.4, 0.5) is 11.4 Å². The van der Waals surface area contributed by atoms with E-state index in [0.29, 0.717) is 16.3 Å². The monoisotopic (exact) mass is 352 g/mol. The predicted molar refractivity (Wildman–Crippen MR) is 87.8 cm³/mol. The van der Waals surface area contributed by atoms with E-state index in [9.17, 15) is 4.79 Å². The van der Waals surface area contributed by atoms with Gasteiger partial charge in [-0.15, -0.1) is 0 Å². The lowest BCUT2D eigenvalue weighted by Crippen LogP contribution is -2.14. The molecule has 104 valence electrons. The molecule has 0 aliphatic heterocycles. The molecule has 3 nitrogen and oxygen atoms in total. The maximum atomic E-state index is 12.3. The molecular weight excluding hydrogens is 340 g/mol. The minimum absolute atomic E-state index is 0.170. The first kappa shape index (κ1) is 14.9. The number of anilines is 2. The van der Waals surface area contributed by atoms with E-state index >= 15 is 0 Å². The Morgan fingerprint density at radius 1 is 1.20 bits per heavy atom. The fraction of sp³-hybridized carbons (Fsp3) is 0.133. The minimum Gasteiger partial charge on any atom is -0.387 e. The van der Waals surface area contributed by atoms with E-state index in [0.717, 1.165) is 15.7 Å². The average molecular weight is 354 g/mol. The third-order valence-electron chi connectivity index (χ3n) is 2.87. The third-order valence-corrected chi connectivity index (χ3v) is 4.10. The number of hydrogen-bond donors (Lipinski definition) is 2. The Kier molecular flexibility index (Phi) is 4.68. The van der Waals surface area contributed by atoms with Crippen LogP contribution < -0.4 is 10.6 Å². The average Bonchev–Trinajstić information content (AvgIpc) is 2.43. The van der Waals surface area contributed by atoms with Gasteiger partial charge in [-0.1, -0.05) is 23.2 Å². The van der Waals surface area contributed by atoms with E-state index in [4.69, 9.17) is 11.6 Å². The van der Waals surface area contributed by atoms with Crippen LogP contribution in [0.5, 0.6) is 0 Å². The molecule has 0 bridgehead atoms. The van der Waals surface area contributed by atoms with Crippen LogP contribution in [0.25, 0.3) is 0 Å². The zero-order chi connectivity index (χ0) is 14.7. The summed E-state index contributed by atoms with van der Waals surface area (Å²) in [5.74, 6) is -0.170. The van der Waals surface area contributed by atoms with E-state index in [-0.39, 0.29) is 5.91 Å². The smallest absolute Gasteiger partial charge is 0.257 e. The molecule has 0 unspecified atom stereocenters. The first-order chi connectivity index (χ1) is 9.51. The highest BCUT2D eigenvalue weighted by molar-refractivity contribution is 9.10. The van der Waals surface area contributed by atoms with Gasteiger partial charge in [0.15, 0.2) is 0 Å². The van der Waals surface area contributed by atoms with Gasteiger partial charge in [-0.05, 0) is 53.2 Å². The zero-order valence-electron chi connectivity index (χ0n) is 11.1. The number of benzene rings is 2. The largest absolute Gasteiger partial charge is 0.387 e. The standard InChI is InChI=1S/C15H14BrClN2O/c1-9-3-6-14(18-2)11(7-9)15(20)19-10-4-5-12(16)13(17)8-10/h3-8,18H,1-2H3,(H,19,20). The van der Waals surface area contributed by atoms with Gasteiger partial charge in [0.05, 0.1) is 10.6 Å². The molecule has 2 aromatic carbocycles. The van der Waals surface area contributed by atoms with Crippen LogP contribution in [0.1, 0.15) is 15.9 Å². The molecule has 0 fully saturated rings. The molecule has 0 atom stereocenters. The molecule has 1 amide bonds. The molecule has 0 spiro atoms. The van der Waals surface area contributed by atoms with Gasteiger partial charge < -0.3 is 10.6 Å². The highest BCUT2D eigenvalue weighted by Gasteiger charge is 2.11. The second-order valence-electron chi connectivity index (χ2n) is 4.38. The third kappa shape index (κ3) is 3.32. The first-order valence-electron chi connectivity index (χ1n) is 6.06. The second kappa shape index (κ2) is 6.29. The number of carbonyl (C=O) groups excluding carboxylic acids is 1. The molecular formula is C15H14BrClN2O. The molecule has 0 saturated heterocycles.